The van der Waals surface area contributed by atoms with Gasteiger partial charge in [-0.1, -0.05) is 7.43 Å². The van der Waals surface area contributed by atoms with Gasteiger partial charge in [0.05, 0.1) is 4.92 Å². The number of amides is 1. The number of anilines is 1. The summed E-state index contributed by atoms with van der Waals surface area (Å²) in [6.07, 6.45) is 2.49. The molecule has 1 aliphatic rings. The van der Waals surface area contributed by atoms with Crippen molar-refractivity contribution in [2.24, 2.45) is 0 Å². The molecular formula is C12H16N2O3. The van der Waals surface area contributed by atoms with Gasteiger partial charge in [-0.15, -0.1) is 0 Å². The summed E-state index contributed by atoms with van der Waals surface area (Å²) in [6, 6.07) is 6.11. The van der Waals surface area contributed by atoms with Gasteiger partial charge in [-0.3, -0.25) is 14.9 Å². The highest BCUT2D eigenvalue weighted by molar-refractivity contribution is 5.94. The molecule has 0 spiro atoms. The summed E-state index contributed by atoms with van der Waals surface area (Å²) >= 11 is 0. The second-order valence-corrected chi connectivity index (χ2v) is 3.78. The molecule has 17 heavy (non-hydrogen) atoms. The van der Waals surface area contributed by atoms with Crippen LogP contribution in [0.25, 0.3) is 0 Å². The maximum atomic E-state index is 11.6. The van der Waals surface area contributed by atoms with Gasteiger partial charge in [0.15, 0.2) is 0 Å². The molecule has 2 rings (SSSR count). The quantitative estimate of drug-likeness (QED) is 0.585. The first-order valence-corrected chi connectivity index (χ1v) is 5.23. The summed E-state index contributed by atoms with van der Waals surface area (Å²) in [5.41, 5.74) is 0.795. The maximum Gasteiger partial charge on any atom is 0.269 e. The van der Waals surface area contributed by atoms with Crippen molar-refractivity contribution in [3.63, 3.8) is 0 Å². The SMILES string of the molecule is C.O=C1CCCCN1c1ccc([N+](=O)[O-])cc1. The lowest BCUT2D eigenvalue weighted by Crippen LogP contribution is -2.35. The molecule has 1 saturated heterocycles. The number of hydrogen-bond donors (Lipinski definition) is 0. The molecule has 1 aromatic carbocycles. The van der Waals surface area contributed by atoms with E-state index in [1.807, 2.05) is 0 Å². The minimum atomic E-state index is -0.443. The minimum absolute atomic E-state index is 0. The third-order valence-corrected chi connectivity index (χ3v) is 2.70. The fourth-order valence-electron chi connectivity index (χ4n) is 1.83. The van der Waals surface area contributed by atoms with Gasteiger partial charge in [0.1, 0.15) is 0 Å². The molecule has 0 aliphatic carbocycles. The van der Waals surface area contributed by atoms with Crippen molar-refractivity contribution in [1.82, 2.24) is 0 Å². The van der Waals surface area contributed by atoms with E-state index < -0.39 is 4.92 Å². The van der Waals surface area contributed by atoms with Crippen molar-refractivity contribution in [2.45, 2.75) is 26.7 Å². The molecule has 1 aliphatic heterocycles. The number of rotatable bonds is 2. The van der Waals surface area contributed by atoms with Gasteiger partial charge >= 0.3 is 0 Å². The van der Waals surface area contributed by atoms with Crippen LogP contribution in [0.4, 0.5) is 11.4 Å². The molecule has 0 saturated carbocycles. The molecule has 1 aromatic rings. The summed E-state index contributed by atoms with van der Waals surface area (Å²) < 4.78 is 0. The lowest BCUT2D eigenvalue weighted by Gasteiger charge is -2.26. The summed E-state index contributed by atoms with van der Waals surface area (Å²) in [5, 5.41) is 10.5. The second kappa shape index (κ2) is 5.43. The van der Waals surface area contributed by atoms with Gasteiger partial charge in [0, 0.05) is 30.8 Å². The molecule has 0 bridgehead atoms. The van der Waals surface area contributed by atoms with Crippen molar-refractivity contribution in [3.8, 4) is 0 Å². The van der Waals surface area contributed by atoms with Crippen molar-refractivity contribution >= 4 is 17.3 Å². The minimum Gasteiger partial charge on any atom is -0.312 e. The number of nitro benzene ring substituents is 1. The number of benzene rings is 1. The van der Waals surface area contributed by atoms with Crippen molar-refractivity contribution in [2.75, 3.05) is 11.4 Å². The first-order valence-electron chi connectivity index (χ1n) is 5.23. The zero-order valence-corrected chi connectivity index (χ0v) is 8.76. The first kappa shape index (κ1) is 13.2. The van der Waals surface area contributed by atoms with Crippen LogP contribution in [0.3, 0.4) is 0 Å². The highest BCUT2D eigenvalue weighted by Gasteiger charge is 2.19. The lowest BCUT2D eigenvalue weighted by molar-refractivity contribution is -0.384. The third kappa shape index (κ3) is 2.81. The van der Waals surface area contributed by atoms with Gasteiger partial charge in [-0.25, -0.2) is 0 Å². The van der Waals surface area contributed by atoms with Gasteiger partial charge in [0.2, 0.25) is 5.91 Å². The van der Waals surface area contributed by atoms with E-state index in [-0.39, 0.29) is 19.0 Å². The van der Waals surface area contributed by atoms with Crippen LogP contribution in [0.5, 0.6) is 0 Å². The number of carbonyl (C=O) groups is 1. The van der Waals surface area contributed by atoms with E-state index in [4.69, 9.17) is 0 Å². The number of nitro groups is 1. The van der Waals surface area contributed by atoms with E-state index in [1.165, 1.54) is 12.1 Å². The normalized spacial score (nSPS) is 15.3. The predicted octanol–water partition coefficient (Wildman–Crippen LogP) is 2.75. The molecule has 1 heterocycles. The Hall–Kier alpha value is -1.91. The Morgan fingerprint density at radius 1 is 1.18 bits per heavy atom. The Bertz CT molecular complexity index is 414. The van der Waals surface area contributed by atoms with Crippen molar-refractivity contribution in [1.29, 1.82) is 0 Å². The van der Waals surface area contributed by atoms with Crippen LogP contribution in [0.1, 0.15) is 26.7 Å². The summed E-state index contributed by atoms with van der Waals surface area (Å²) in [4.78, 5) is 23.3. The average molecular weight is 236 g/mol. The Morgan fingerprint density at radius 2 is 1.82 bits per heavy atom. The van der Waals surface area contributed by atoms with Crippen LogP contribution in [0.2, 0.25) is 0 Å². The van der Waals surface area contributed by atoms with Crippen LogP contribution in [0.15, 0.2) is 24.3 Å². The summed E-state index contributed by atoms with van der Waals surface area (Å²) in [5.74, 6) is 0.0973. The van der Waals surface area contributed by atoms with Crippen LogP contribution in [-0.2, 0) is 4.79 Å². The molecule has 1 amide bonds. The standard InChI is InChI=1S/C11H12N2O3.CH4/c14-11-3-1-2-8-12(11)9-4-6-10(7-5-9)13(15)16;/h4-7H,1-3,8H2;1H4. The number of non-ortho nitro benzene ring substituents is 1. The molecule has 1 fully saturated rings. The van der Waals surface area contributed by atoms with Gasteiger partial charge < -0.3 is 4.90 Å². The molecule has 0 atom stereocenters. The number of hydrogen-bond acceptors (Lipinski definition) is 3. The first-order chi connectivity index (χ1) is 7.68. The van der Waals surface area contributed by atoms with Gasteiger partial charge in [0.25, 0.3) is 5.69 Å². The Labute approximate surface area is 100 Å². The third-order valence-electron chi connectivity index (χ3n) is 2.70. The van der Waals surface area contributed by atoms with E-state index in [2.05, 4.69) is 0 Å². The molecule has 5 heteroatoms. The highest BCUT2D eigenvalue weighted by Crippen LogP contribution is 2.23. The smallest absolute Gasteiger partial charge is 0.269 e. The fourth-order valence-corrected chi connectivity index (χ4v) is 1.83. The van der Waals surface area contributed by atoms with E-state index >= 15 is 0 Å². The average Bonchev–Trinajstić information content (AvgIpc) is 2.30. The van der Waals surface area contributed by atoms with E-state index in [0.29, 0.717) is 13.0 Å². The van der Waals surface area contributed by atoms with Crippen LogP contribution < -0.4 is 4.90 Å². The largest absolute Gasteiger partial charge is 0.312 e. The summed E-state index contributed by atoms with van der Waals surface area (Å²) in [6.45, 7) is 0.705. The number of piperidine rings is 1. The van der Waals surface area contributed by atoms with Gasteiger partial charge in [-0.05, 0) is 25.0 Å². The monoisotopic (exact) mass is 236 g/mol. The maximum absolute atomic E-state index is 11.6. The number of carbonyl (C=O) groups excluding carboxylic acids is 1. The second-order valence-electron chi connectivity index (χ2n) is 3.78. The van der Waals surface area contributed by atoms with Gasteiger partial charge in [-0.2, -0.15) is 0 Å². The predicted molar refractivity (Wildman–Crippen MR) is 66.0 cm³/mol. The fraction of sp³-hybridized carbons (Fsp3) is 0.417. The molecule has 92 valence electrons. The van der Waals surface area contributed by atoms with E-state index in [0.717, 1.165) is 18.5 Å². The lowest BCUT2D eigenvalue weighted by atomic mass is 10.1. The van der Waals surface area contributed by atoms with Crippen molar-refractivity contribution in [3.05, 3.63) is 34.4 Å². The number of nitrogens with zero attached hydrogens (tertiary/aromatic N) is 2. The molecule has 0 aromatic heterocycles. The Balaban J connectivity index is 0.00000144. The topological polar surface area (TPSA) is 63.5 Å². The highest BCUT2D eigenvalue weighted by atomic mass is 16.6. The molecule has 0 radical (unpaired) electrons. The molecule has 5 nitrogen and oxygen atoms in total. The summed E-state index contributed by atoms with van der Waals surface area (Å²) in [7, 11) is 0. The van der Waals surface area contributed by atoms with Crippen LogP contribution >= 0.6 is 0 Å². The van der Waals surface area contributed by atoms with E-state index in [1.54, 1.807) is 17.0 Å². The van der Waals surface area contributed by atoms with Crippen LogP contribution in [0, 0.1) is 10.1 Å². The Morgan fingerprint density at radius 3 is 2.35 bits per heavy atom. The molecule has 0 unspecified atom stereocenters. The van der Waals surface area contributed by atoms with Crippen molar-refractivity contribution < 1.29 is 9.72 Å². The zero-order valence-electron chi connectivity index (χ0n) is 8.76. The Kier molecular flexibility index (Phi) is 4.20. The van der Waals surface area contributed by atoms with Crippen LogP contribution in [-0.4, -0.2) is 17.4 Å². The zero-order chi connectivity index (χ0) is 11.5. The molecular weight excluding hydrogens is 220 g/mol. The molecule has 0 N–H and O–H groups in total. The van der Waals surface area contributed by atoms with E-state index in [9.17, 15) is 14.9 Å².